The van der Waals surface area contributed by atoms with E-state index in [4.69, 9.17) is 19.3 Å². The van der Waals surface area contributed by atoms with E-state index in [2.05, 4.69) is 5.32 Å². The smallest absolute Gasteiger partial charge is 0.408 e. The molecule has 0 spiro atoms. The number of carbonyl (C=O) groups excluding carboxylic acids is 3. The van der Waals surface area contributed by atoms with Crippen molar-refractivity contribution in [2.45, 2.75) is 39.2 Å². The molecule has 22 heavy (non-hydrogen) atoms. The molecule has 0 aromatic rings. The molecule has 0 rings (SSSR count). The molecule has 0 fully saturated rings. The second-order valence-electron chi connectivity index (χ2n) is 5.45. The van der Waals surface area contributed by atoms with Crippen LogP contribution in [0.3, 0.4) is 0 Å². The molecule has 0 aromatic carbocycles. The van der Waals surface area contributed by atoms with Crippen LogP contribution in [0.5, 0.6) is 0 Å². The monoisotopic (exact) mass is 319 g/mol. The molecule has 0 aliphatic rings. The van der Waals surface area contributed by atoms with Crippen LogP contribution < -0.4 is 5.32 Å². The normalized spacial score (nSPS) is 10.9. The van der Waals surface area contributed by atoms with Gasteiger partial charge in [0.05, 0.1) is 32.8 Å². The molecular weight excluding hydrogens is 294 g/mol. The molecule has 0 bridgehead atoms. The Morgan fingerprint density at radius 3 is 2.32 bits per heavy atom. The summed E-state index contributed by atoms with van der Waals surface area (Å²) in [4.78, 5) is 34.1. The van der Waals surface area contributed by atoms with E-state index < -0.39 is 17.7 Å². The third-order valence-electron chi connectivity index (χ3n) is 2.16. The zero-order chi connectivity index (χ0) is 17.0. The molecule has 2 N–H and O–H groups in total. The fourth-order valence-electron chi connectivity index (χ4n) is 1.27. The maximum atomic E-state index is 11.5. The SMILES string of the molecule is CC(C)(C)OC(=O)NCC(=O)CCC(=O)OCCOCCO. The van der Waals surface area contributed by atoms with Crippen LogP contribution in [0.1, 0.15) is 33.6 Å². The number of carbonyl (C=O) groups is 3. The minimum Gasteiger partial charge on any atom is -0.463 e. The van der Waals surface area contributed by atoms with Crippen molar-refractivity contribution in [2.75, 3.05) is 33.0 Å². The Morgan fingerprint density at radius 2 is 1.73 bits per heavy atom. The number of rotatable bonds is 10. The number of alkyl carbamates (subject to hydrolysis) is 1. The fourth-order valence-corrected chi connectivity index (χ4v) is 1.27. The summed E-state index contributed by atoms with van der Waals surface area (Å²) in [5.74, 6) is -0.808. The number of ether oxygens (including phenoxy) is 3. The summed E-state index contributed by atoms with van der Waals surface area (Å²) >= 11 is 0. The van der Waals surface area contributed by atoms with Crippen LogP contribution in [0.2, 0.25) is 0 Å². The number of Topliss-reactive ketones (excluding diaryl/α,β-unsaturated/α-hetero) is 1. The van der Waals surface area contributed by atoms with Gasteiger partial charge in [-0.15, -0.1) is 0 Å². The summed E-state index contributed by atoms with van der Waals surface area (Å²) in [7, 11) is 0. The molecule has 8 heteroatoms. The van der Waals surface area contributed by atoms with Crippen molar-refractivity contribution in [1.29, 1.82) is 0 Å². The molecular formula is C14H25NO7. The predicted octanol–water partition coefficient (Wildman–Crippen LogP) is 0.412. The van der Waals surface area contributed by atoms with Gasteiger partial charge >= 0.3 is 12.1 Å². The van der Waals surface area contributed by atoms with Gasteiger partial charge in [-0.25, -0.2) is 4.79 Å². The first-order chi connectivity index (χ1) is 10.2. The minimum absolute atomic E-state index is 0.0217. The summed E-state index contributed by atoms with van der Waals surface area (Å²) < 4.78 is 14.7. The quantitative estimate of drug-likeness (QED) is 0.443. The lowest BCUT2D eigenvalue weighted by Gasteiger charge is -2.19. The Labute approximate surface area is 130 Å². The van der Waals surface area contributed by atoms with E-state index in [1.54, 1.807) is 20.8 Å². The van der Waals surface area contributed by atoms with Gasteiger partial charge < -0.3 is 24.6 Å². The second-order valence-corrected chi connectivity index (χ2v) is 5.45. The molecule has 0 aliphatic heterocycles. The highest BCUT2D eigenvalue weighted by Crippen LogP contribution is 2.06. The maximum Gasteiger partial charge on any atom is 0.408 e. The van der Waals surface area contributed by atoms with Gasteiger partial charge in [0.2, 0.25) is 0 Å². The molecule has 0 heterocycles. The van der Waals surface area contributed by atoms with Gasteiger partial charge in [-0.3, -0.25) is 9.59 Å². The first kappa shape index (κ1) is 20.3. The summed E-state index contributed by atoms with van der Waals surface area (Å²) in [6.07, 6.45) is -0.759. The summed E-state index contributed by atoms with van der Waals surface area (Å²) in [5.41, 5.74) is -0.630. The number of amides is 1. The molecule has 0 aromatic heterocycles. The molecule has 0 atom stereocenters. The third kappa shape index (κ3) is 13.3. The zero-order valence-electron chi connectivity index (χ0n) is 13.3. The molecule has 0 saturated carbocycles. The average molecular weight is 319 g/mol. The number of hydrogen-bond acceptors (Lipinski definition) is 7. The van der Waals surface area contributed by atoms with Crippen LogP contribution in [-0.2, 0) is 23.8 Å². The Morgan fingerprint density at radius 1 is 1.05 bits per heavy atom. The highest BCUT2D eigenvalue weighted by Gasteiger charge is 2.16. The van der Waals surface area contributed by atoms with Gasteiger partial charge in [-0.05, 0) is 20.8 Å². The lowest BCUT2D eigenvalue weighted by molar-refractivity contribution is -0.146. The van der Waals surface area contributed by atoms with E-state index in [9.17, 15) is 14.4 Å². The average Bonchev–Trinajstić information content (AvgIpc) is 2.41. The van der Waals surface area contributed by atoms with E-state index >= 15 is 0 Å². The fraction of sp³-hybridized carbons (Fsp3) is 0.786. The van der Waals surface area contributed by atoms with Crippen LogP contribution >= 0.6 is 0 Å². The lowest BCUT2D eigenvalue weighted by atomic mass is 10.2. The predicted molar refractivity (Wildman–Crippen MR) is 77.3 cm³/mol. The maximum absolute atomic E-state index is 11.5. The Bertz CT molecular complexity index is 363. The molecule has 0 aliphatic carbocycles. The van der Waals surface area contributed by atoms with Crippen molar-refractivity contribution in [1.82, 2.24) is 5.32 Å². The number of ketones is 1. The summed E-state index contributed by atoms with van der Waals surface area (Å²) in [6.45, 7) is 5.32. The molecule has 0 saturated heterocycles. The Balaban J connectivity index is 3.68. The van der Waals surface area contributed by atoms with E-state index in [0.29, 0.717) is 0 Å². The first-order valence-corrected chi connectivity index (χ1v) is 7.07. The summed E-state index contributed by atoms with van der Waals surface area (Å²) in [6, 6.07) is 0. The highest BCUT2D eigenvalue weighted by atomic mass is 16.6. The molecule has 0 unspecified atom stereocenters. The van der Waals surface area contributed by atoms with Crippen LogP contribution in [-0.4, -0.2) is 61.5 Å². The number of hydrogen-bond donors (Lipinski definition) is 2. The summed E-state index contributed by atoms with van der Waals surface area (Å²) in [5, 5.41) is 10.8. The molecule has 0 radical (unpaired) electrons. The number of aliphatic hydroxyl groups excluding tert-OH is 1. The van der Waals surface area contributed by atoms with Gasteiger partial charge in [-0.2, -0.15) is 0 Å². The van der Waals surface area contributed by atoms with Crippen molar-refractivity contribution in [3.63, 3.8) is 0 Å². The number of aliphatic hydroxyl groups is 1. The lowest BCUT2D eigenvalue weighted by Crippen LogP contribution is -2.35. The van der Waals surface area contributed by atoms with Crippen molar-refractivity contribution in [3.05, 3.63) is 0 Å². The van der Waals surface area contributed by atoms with Gasteiger partial charge in [0.25, 0.3) is 0 Å². The number of nitrogens with one attached hydrogen (secondary N) is 1. The van der Waals surface area contributed by atoms with Crippen LogP contribution in [0.15, 0.2) is 0 Å². The van der Waals surface area contributed by atoms with Gasteiger partial charge in [-0.1, -0.05) is 0 Å². The van der Waals surface area contributed by atoms with Gasteiger partial charge in [0.15, 0.2) is 5.78 Å². The Kier molecular flexibility index (Phi) is 10.1. The second kappa shape index (κ2) is 11.0. The van der Waals surface area contributed by atoms with Gasteiger partial charge in [0, 0.05) is 6.42 Å². The van der Waals surface area contributed by atoms with E-state index in [-0.39, 0.29) is 51.6 Å². The van der Waals surface area contributed by atoms with Crippen LogP contribution in [0.25, 0.3) is 0 Å². The van der Waals surface area contributed by atoms with E-state index in [0.717, 1.165) is 0 Å². The van der Waals surface area contributed by atoms with Crippen molar-refractivity contribution in [3.8, 4) is 0 Å². The first-order valence-electron chi connectivity index (χ1n) is 7.07. The highest BCUT2D eigenvalue weighted by molar-refractivity contribution is 5.86. The zero-order valence-corrected chi connectivity index (χ0v) is 13.3. The Hall–Kier alpha value is -1.67. The van der Waals surface area contributed by atoms with Crippen molar-refractivity contribution < 1.29 is 33.7 Å². The standard InChI is InChI=1S/C14H25NO7/c1-14(2,3)22-13(19)15-10-11(17)4-5-12(18)21-9-8-20-7-6-16/h16H,4-10H2,1-3H3,(H,15,19). The van der Waals surface area contributed by atoms with Crippen LogP contribution in [0, 0.1) is 0 Å². The third-order valence-corrected chi connectivity index (χ3v) is 2.16. The number of esters is 1. The van der Waals surface area contributed by atoms with Crippen molar-refractivity contribution in [2.24, 2.45) is 0 Å². The van der Waals surface area contributed by atoms with E-state index in [1.807, 2.05) is 0 Å². The van der Waals surface area contributed by atoms with Crippen LogP contribution in [0.4, 0.5) is 4.79 Å². The molecule has 8 nitrogen and oxygen atoms in total. The largest absolute Gasteiger partial charge is 0.463 e. The minimum atomic E-state index is -0.676. The molecule has 128 valence electrons. The molecule has 1 amide bonds. The van der Waals surface area contributed by atoms with E-state index in [1.165, 1.54) is 0 Å². The van der Waals surface area contributed by atoms with Crippen molar-refractivity contribution >= 4 is 17.8 Å². The topological polar surface area (TPSA) is 111 Å². The van der Waals surface area contributed by atoms with Gasteiger partial charge in [0.1, 0.15) is 12.2 Å².